The predicted octanol–water partition coefficient (Wildman–Crippen LogP) is 2.74. The van der Waals surface area contributed by atoms with E-state index in [1.54, 1.807) is 13.3 Å². The molecule has 0 aliphatic carbocycles. The van der Waals surface area contributed by atoms with Crippen LogP contribution in [0.1, 0.15) is 64.7 Å². The highest BCUT2D eigenvalue weighted by Crippen LogP contribution is 2.36. The summed E-state index contributed by atoms with van der Waals surface area (Å²) < 4.78 is 7.49. The lowest BCUT2D eigenvalue weighted by Crippen LogP contribution is -2.53. The smallest absolute Gasteiger partial charge is 0.161 e. The summed E-state index contributed by atoms with van der Waals surface area (Å²) in [6.07, 6.45) is 5.63. The first-order valence-corrected chi connectivity index (χ1v) is 8.01. The van der Waals surface area contributed by atoms with Gasteiger partial charge in [0.1, 0.15) is 0 Å². The van der Waals surface area contributed by atoms with Crippen molar-refractivity contribution in [3.63, 3.8) is 0 Å². The number of methoxy groups -OCH3 is 1. The lowest BCUT2D eigenvalue weighted by Gasteiger charge is -2.44. The molecule has 1 aliphatic heterocycles. The van der Waals surface area contributed by atoms with Gasteiger partial charge in [0.15, 0.2) is 5.75 Å². The number of piperidine rings is 1. The summed E-state index contributed by atoms with van der Waals surface area (Å²) in [6, 6.07) is 0.141. The monoisotopic (exact) mass is 294 g/mol. The number of aromatic nitrogens is 2. The van der Waals surface area contributed by atoms with Crippen molar-refractivity contribution in [2.24, 2.45) is 5.73 Å². The molecule has 1 unspecified atom stereocenters. The molecule has 0 saturated carbocycles. The zero-order chi connectivity index (χ0) is 15.6. The fourth-order valence-corrected chi connectivity index (χ4v) is 3.22. The molecule has 1 aromatic heterocycles. The second-order valence-electron chi connectivity index (χ2n) is 6.82. The SMILES string of the molecule is COc1cnn(C(C)C)c1C(N)C(C)(C)N1CCCCC1. The zero-order valence-corrected chi connectivity index (χ0v) is 14.1. The number of ether oxygens (including phenoxy) is 1. The van der Waals surface area contributed by atoms with E-state index in [-0.39, 0.29) is 17.6 Å². The fraction of sp³-hybridized carbons (Fsp3) is 0.812. The Morgan fingerprint density at radius 1 is 1.24 bits per heavy atom. The van der Waals surface area contributed by atoms with Crippen molar-refractivity contribution >= 4 is 0 Å². The van der Waals surface area contributed by atoms with E-state index in [0.29, 0.717) is 0 Å². The lowest BCUT2D eigenvalue weighted by molar-refractivity contribution is 0.0692. The van der Waals surface area contributed by atoms with Gasteiger partial charge in [-0.05, 0) is 53.6 Å². The van der Waals surface area contributed by atoms with Crippen LogP contribution in [0, 0.1) is 0 Å². The number of hydrogen-bond acceptors (Lipinski definition) is 4. The molecule has 5 nitrogen and oxygen atoms in total. The van der Waals surface area contributed by atoms with E-state index >= 15 is 0 Å². The van der Waals surface area contributed by atoms with Crippen LogP contribution in [-0.4, -0.2) is 40.4 Å². The highest BCUT2D eigenvalue weighted by molar-refractivity contribution is 5.31. The van der Waals surface area contributed by atoms with Crippen molar-refractivity contribution in [1.29, 1.82) is 0 Å². The molecular weight excluding hydrogens is 264 g/mol. The molecule has 1 fully saturated rings. The third-order valence-corrected chi connectivity index (χ3v) is 4.73. The van der Waals surface area contributed by atoms with Gasteiger partial charge in [-0.3, -0.25) is 9.58 Å². The molecule has 2 heterocycles. The van der Waals surface area contributed by atoms with Gasteiger partial charge in [0.25, 0.3) is 0 Å². The number of hydrogen-bond donors (Lipinski definition) is 1. The van der Waals surface area contributed by atoms with Crippen LogP contribution in [0.15, 0.2) is 6.20 Å². The molecule has 1 saturated heterocycles. The van der Waals surface area contributed by atoms with Gasteiger partial charge in [0.05, 0.1) is 25.0 Å². The Kier molecular flexibility index (Phi) is 4.94. The average Bonchev–Trinajstić information content (AvgIpc) is 2.91. The van der Waals surface area contributed by atoms with E-state index in [4.69, 9.17) is 10.5 Å². The number of nitrogens with two attached hydrogens (primary N) is 1. The number of likely N-dealkylation sites (tertiary alicyclic amines) is 1. The van der Waals surface area contributed by atoms with Crippen LogP contribution in [0.25, 0.3) is 0 Å². The van der Waals surface area contributed by atoms with E-state index in [2.05, 4.69) is 37.7 Å². The minimum atomic E-state index is -0.129. The van der Waals surface area contributed by atoms with E-state index in [1.165, 1.54) is 19.3 Å². The van der Waals surface area contributed by atoms with Crippen LogP contribution >= 0.6 is 0 Å². The minimum Gasteiger partial charge on any atom is -0.493 e. The maximum absolute atomic E-state index is 6.68. The summed E-state index contributed by atoms with van der Waals surface area (Å²) >= 11 is 0. The average molecular weight is 294 g/mol. The van der Waals surface area contributed by atoms with Gasteiger partial charge < -0.3 is 10.5 Å². The summed E-state index contributed by atoms with van der Waals surface area (Å²) in [5.41, 5.74) is 7.57. The van der Waals surface area contributed by atoms with E-state index in [0.717, 1.165) is 24.5 Å². The molecule has 1 atom stereocenters. The largest absolute Gasteiger partial charge is 0.493 e. The molecule has 1 aromatic rings. The lowest BCUT2D eigenvalue weighted by atomic mass is 9.88. The Morgan fingerprint density at radius 2 is 1.86 bits per heavy atom. The standard InChI is InChI=1S/C16H30N4O/c1-12(2)20-14(13(21-5)11-18-20)15(17)16(3,4)19-9-7-6-8-10-19/h11-12,15H,6-10,17H2,1-5H3. The first-order chi connectivity index (χ1) is 9.89. The highest BCUT2D eigenvalue weighted by Gasteiger charge is 2.38. The topological polar surface area (TPSA) is 56.3 Å². The van der Waals surface area contributed by atoms with Crippen molar-refractivity contribution < 1.29 is 4.74 Å². The van der Waals surface area contributed by atoms with Crippen LogP contribution in [0.5, 0.6) is 5.75 Å². The first kappa shape index (κ1) is 16.3. The maximum atomic E-state index is 6.68. The Morgan fingerprint density at radius 3 is 2.38 bits per heavy atom. The summed E-state index contributed by atoms with van der Waals surface area (Å²) in [5.74, 6) is 0.793. The molecule has 21 heavy (non-hydrogen) atoms. The second kappa shape index (κ2) is 6.36. The highest BCUT2D eigenvalue weighted by atomic mass is 16.5. The number of rotatable bonds is 5. The van der Waals surface area contributed by atoms with Crippen LogP contribution < -0.4 is 10.5 Å². The minimum absolute atomic E-state index is 0.111. The van der Waals surface area contributed by atoms with Gasteiger partial charge in [0.2, 0.25) is 0 Å². The fourth-order valence-electron chi connectivity index (χ4n) is 3.22. The Labute approximate surface area is 128 Å². The number of nitrogens with zero attached hydrogens (tertiary/aromatic N) is 3. The van der Waals surface area contributed by atoms with Gasteiger partial charge in [-0.15, -0.1) is 0 Å². The van der Waals surface area contributed by atoms with E-state index < -0.39 is 0 Å². The van der Waals surface area contributed by atoms with E-state index in [1.807, 2.05) is 4.68 Å². The molecular formula is C16H30N4O. The molecule has 0 radical (unpaired) electrons. The van der Waals surface area contributed by atoms with Gasteiger partial charge in [-0.25, -0.2) is 0 Å². The summed E-state index contributed by atoms with van der Waals surface area (Å²) in [5, 5.41) is 4.46. The molecule has 1 aliphatic rings. The third-order valence-electron chi connectivity index (χ3n) is 4.73. The summed E-state index contributed by atoms with van der Waals surface area (Å²) in [4.78, 5) is 2.51. The van der Waals surface area contributed by atoms with Crippen molar-refractivity contribution in [1.82, 2.24) is 14.7 Å². The predicted molar refractivity (Wildman–Crippen MR) is 85.6 cm³/mol. The van der Waals surface area contributed by atoms with Crippen molar-refractivity contribution in [3.8, 4) is 5.75 Å². The summed E-state index contributed by atoms with van der Waals surface area (Å²) in [6.45, 7) is 11.0. The molecule has 0 bridgehead atoms. The first-order valence-electron chi connectivity index (χ1n) is 8.01. The maximum Gasteiger partial charge on any atom is 0.161 e. The third kappa shape index (κ3) is 3.09. The molecule has 0 aromatic carbocycles. The normalized spacial score (nSPS) is 19.0. The molecule has 5 heteroatoms. The molecule has 2 rings (SSSR count). The summed E-state index contributed by atoms with van der Waals surface area (Å²) in [7, 11) is 1.69. The Hall–Kier alpha value is -1.07. The van der Waals surface area contributed by atoms with Gasteiger partial charge in [-0.2, -0.15) is 5.10 Å². The van der Waals surface area contributed by atoms with Crippen molar-refractivity contribution in [3.05, 3.63) is 11.9 Å². The van der Waals surface area contributed by atoms with Crippen LogP contribution in [0.3, 0.4) is 0 Å². The van der Waals surface area contributed by atoms with Crippen molar-refractivity contribution in [2.75, 3.05) is 20.2 Å². The Bertz CT molecular complexity index is 461. The quantitative estimate of drug-likeness (QED) is 0.907. The second-order valence-corrected chi connectivity index (χ2v) is 6.82. The molecule has 120 valence electrons. The van der Waals surface area contributed by atoms with Gasteiger partial charge >= 0.3 is 0 Å². The van der Waals surface area contributed by atoms with Crippen LogP contribution in [0.2, 0.25) is 0 Å². The van der Waals surface area contributed by atoms with E-state index in [9.17, 15) is 0 Å². The zero-order valence-electron chi connectivity index (χ0n) is 14.1. The molecule has 0 amide bonds. The van der Waals surface area contributed by atoms with Gasteiger partial charge in [-0.1, -0.05) is 6.42 Å². The van der Waals surface area contributed by atoms with Crippen molar-refractivity contribution in [2.45, 2.75) is 64.6 Å². The Balaban J connectivity index is 2.33. The van der Waals surface area contributed by atoms with Crippen LogP contribution in [0.4, 0.5) is 0 Å². The van der Waals surface area contributed by atoms with Crippen LogP contribution in [-0.2, 0) is 0 Å². The molecule has 0 spiro atoms. The van der Waals surface area contributed by atoms with Gasteiger partial charge in [0, 0.05) is 11.6 Å². The molecule has 2 N–H and O–H groups in total.